The number of thiazole rings is 1. The Morgan fingerprint density at radius 2 is 1.78 bits per heavy atom. The van der Waals surface area contributed by atoms with Crippen LogP contribution in [0.2, 0.25) is 0 Å². The number of aromatic nitrogens is 2. The summed E-state index contributed by atoms with van der Waals surface area (Å²) >= 11 is 1.47. The van der Waals surface area contributed by atoms with Crippen LogP contribution in [0.1, 0.15) is 32.7 Å². The van der Waals surface area contributed by atoms with Crippen LogP contribution in [0.4, 0.5) is 5.13 Å². The molecule has 2 aromatic carbocycles. The van der Waals surface area contributed by atoms with Crippen molar-refractivity contribution < 1.29 is 9.32 Å². The number of carbonyl (C=O) groups is 1. The third-order valence-corrected chi connectivity index (χ3v) is 5.37. The molecular weight excluding hydrogens is 358 g/mol. The largest absolute Gasteiger partial charge is 0.355 e. The third-order valence-electron chi connectivity index (χ3n) is 4.45. The lowest BCUT2D eigenvalue weighted by Crippen LogP contribution is -2.13. The lowest BCUT2D eigenvalue weighted by Gasteiger charge is -2.03. The molecule has 0 saturated carbocycles. The summed E-state index contributed by atoms with van der Waals surface area (Å²) in [6, 6.07) is 12.0. The van der Waals surface area contributed by atoms with Crippen LogP contribution in [0.5, 0.6) is 0 Å². The minimum absolute atomic E-state index is 0.266. The zero-order valence-corrected chi connectivity index (χ0v) is 16.4. The number of hydrogen-bond acceptors (Lipinski definition) is 5. The molecule has 0 aliphatic heterocycles. The number of aryl methyl sites for hydroxylation is 4. The van der Waals surface area contributed by atoms with Crippen LogP contribution in [0.25, 0.3) is 21.5 Å². The summed E-state index contributed by atoms with van der Waals surface area (Å²) in [7, 11) is 0. The molecule has 136 valence electrons. The second kappa shape index (κ2) is 6.63. The van der Waals surface area contributed by atoms with E-state index in [-0.39, 0.29) is 5.91 Å². The van der Waals surface area contributed by atoms with E-state index in [0.717, 1.165) is 26.9 Å². The highest BCUT2D eigenvalue weighted by molar-refractivity contribution is 7.22. The molecule has 4 rings (SSSR count). The maximum atomic E-state index is 12.9. The van der Waals surface area contributed by atoms with Crippen molar-refractivity contribution in [2.24, 2.45) is 0 Å². The number of hydrogen-bond donors (Lipinski definition) is 1. The zero-order valence-electron chi connectivity index (χ0n) is 15.6. The number of amides is 1. The Labute approximate surface area is 161 Å². The van der Waals surface area contributed by atoms with E-state index in [2.05, 4.69) is 34.5 Å². The Morgan fingerprint density at radius 1 is 1.04 bits per heavy atom. The van der Waals surface area contributed by atoms with Gasteiger partial charge in [-0.05, 0) is 44.9 Å². The van der Waals surface area contributed by atoms with E-state index in [0.29, 0.717) is 22.1 Å². The Kier molecular flexibility index (Phi) is 4.28. The van der Waals surface area contributed by atoms with Gasteiger partial charge in [0, 0.05) is 5.56 Å². The van der Waals surface area contributed by atoms with Crippen LogP contribution in [0, 0.1) is 27.7 Å². The van der Waals surface area contributed by atoms with Crippen molar-refractivity contribution in [3.05, 3.63) is 64.3 Å². The number of nitrogens with zero attached hydrogens (tertiary/aromatic N) is 2. The van der Waals surface area contributed by atoms with Gasteiger partial charge >= 0.3 is 0 Å². The third kappa shape index (κ3) is 3.24. The second-order valence-electron chi connectivity index (χ2n) is 6.74. The van der Waals surface area contributed by atoms with Gasteiger partial charge in [0.1, 0.15) is 5.56 Å². The van der Waals surface area contributed by atoms with Gasteiger partial charge in [0.25, 0.3) is 5.91 Å². The standard InChI is InChI=1S/C21H19N3O2S/c1-11-5-7-15(8-6-11)19-17(14(4)24-26-19)20(25)23-21-22-18-13(3)9-12(2)10-16(18)27-21/h5-10H,1-4H3,(H,22,23,25). The van der Waals surface area contributed by atoms with Gasteiger partial charge < -0.3 is 4.52 Å². The maximum absolute atomic E-state index is 12.9. The van der Waals surface area contributed by atoms with Gasteiger partial charge in [-0.15, -0.1) is 0 Å². The summed E-state index contributed by atoms with van der Waals surface area (Å²) < 4.78 is 6.51. The first-order chi connectivity index (χ1) is 12.9. The molecule has 0 aliphatic carbocycles. The summed E-state index contributed by atoms with van der Waals surface area (Å²) in [6.07, 6.45) is 0. The molecule has 0 bridgehead atoms. The summed E-state index contributed by atoms with van der Waals surface area (Å²) in [4.78, 5) is 17.5. The summed E-state index contributed by atoms with van der Waals surface area (Å²) in [5.74, 6) is 0.205. The number of anilines is 1. The topological polar surface area (TPSA) is 68.0 Å². The molecule has 2 aromatic heterocycles. The van der Waals surface area contributed by atoms with Gasteiger partial charge in [-0.3, -0.25) is 10.1 Å². The molecule has 0 aliphatic rings. The molecule has 0 unspecified atom stereocenters. The smallest absolute Gasteiger partial charge is 0.263 e. The molecule has 0 radical (unpaired) electrons. The number of benzene rings is 2. The molecule has 0 saturated heterocycles. The van der Waals surface area contributed by atoms with E-state index in [4.69, 9.17) is 4.52 Å². The van der Waals surface area contributed by atoms with Crippen molar-refractivity contribution in [1.82, 2.24) is 10.1 Å². The van der Waals surface area contributed by atoms with Crippen LogP contribution in [-0.4, -0.2) is 16.0 Å². The van der Waals surface area contributed by atoms with E-state index in [1.807, 2.05) is 38.1 Å². The molecule has 0 atom stereocenters. The molecule has 0 fully saturated rings. The molecule has 0 spiro atoms. The lowest BCUT2D eigenvalue weighted by atomic mass is 10.1. The molecule has 6 heteroatoms. The number of fused-ring (bicyclic) bond motifs is 1. The SMILES string of the molecule is Cc1ccc(-c2onc(C)c2C(=O)Nc2nc3c(C)cc(C)cc3s2)cc1. The molecule has 27 heavy (non-hydrogen) atoms. The predicted octanol–water partition coefficient (Wildman–Crippen LogP) is 5.44. The average Bonchev–Trinajstić information content (AvgIpc) is 3.19. The van der Waals surface area contributed by atoms with Gasteiger partial charge in [-0.1, -0.05) is 52.4 Å². The van der Waals surface area contributed by atoms with E-state index >= 15 is 0 Å². The van der Waals surface area contributed by atoms with Gasteiger partial charge in [-0.2, -0.15) is 0 Å². The van der Waals surface area contributed by atoms with Gasteiger partial charge in [0.2, 0.25) is 0 Å². The van der Waals surface area contributed by atoms with Gasteiger partial charge in [0.05, 0.1) is 15.9 Å². The maximum Gasteiger partial charge on any atom is 0.263 e. The van der Waals surface area contributed by atoms with Crippen LogP contribution >= 0.6 is 11.3 Å². The molecule has 1 N–H and O–H groups in total. The van der Waals surface area contributed by atoms with Crippen LogP contribution in [0.3, 0.4) is 0 Å². The minimum Gasteiger partial charge on any atom is -0.355 e. The minimum atomic E-state index is -0.266. The molecule has 5 nitrogen and oxygen atoms in total. The van der Waals surface area contributed by atoms with Gasteiger partial charge in [0.15, 0.2) is 10.9 Å². The van der Waals surface area contributed by atoms with Crippen molar-refractivity contribution in [1.29, 1.82) is 0 Å². The predicted molar refractivity (Wildman–Crippen MR) is 108 cm³/mol. The fraction of sp³-hybridized carbons (Fsp3) is 0.190. The van der Waals surface area contributed by atoms with Crippen molar-refractivity contribution in [3.63, 3.8) is 0 Å². The van der Waals surface area contributed by atoms with Crippen molar-refractivity contribution in [2.45, 2.75) is 27.7 Å². The lowest BCUT2D eigenvalue weighted by molar-refractivity contribution is 0.102. The Hall–Kier alpha value is -2.99. The highest BCUT2D eigenvalue weighted by Gasteiger charge is 2.23. The fourth-order valence-electron chi connectivity index (χ4n) is 3.12. The van der Waals surface area contributed by atoms with E-state index in [1.54, 1.807) is 6.92 Å². The summed E-state index contributed by atoms with van der Waals surface area (Å²) in [5, 5.41) is 7.47. The van der Waals surface area contributed by atoms with Crippen LogP contribution < -0.4 is 5.32 Å². The van der Waals surface area contributed by atoms with Crippen molar-refractivity contribution >= 4 is 32.6 Å². The Bertz CT molecular complexity index is 1160. The van der Waals surface area contributed by atoms with Gasteiger partial charge in [-0.25, -0.2) is 4.98 Å². The first kappa shape index (κ1) is 17.4. The normalized spacial score (nSPS) is 11.1. The van der Waals surface area contributed by atoms with E-state index < -0.39 is 0 Å². The first-order valence-corrected chi connectivity index (χ1v) is 9.46. The van der Waals surface area contributed by atoms with E-state index in [1.165, 1.54) is 16.9 Å². The quantitative estimate of drug-likeness (QED) is 0.516. The molecule has 4 aromatic rings. The van der Waals surface area contributed by atoms with Crippen LogP contribution in [-0.2, 0) is 0 Å². The van der Waals surface area contributed by atoms with Crippen molar-refractivity contribution in [3.8, 4) is 11.3 Å². The average molecular weight is 377 g/mol. The Morgan fingerprint density at radius 3 is 2.52 bits per heavy atom. The number of nitrogens with one attached hydrogen (secondary N) is 1. The first-order valence-electron chi connectivity index (χ1n) is 8.65. The molecule has 2 heterocycles. The monoisotopic (exact) mass is 377 g/mol. The highest BCUT2D eigenvalue weighted by Crippen LogP contribution is 2.31. The van der Waals surface area contributed by atoms with Crippen LogP contribution in [0.15, 0.2) is 40.9 Å². The molecular formula is C21H19N3O2S. The molecule has 1 amide bonds. The Balaban J connectivity index is 1.69. The summed E-state index contributed by atoms with van der Waals surface area (Å²) in [6.45, 7) is 7.86. The highest BCUT2D eigenvalue weighted by atomic mass is 32.1. The zero-order chi connectivity index (χ0) is 19.1. The van der Waals surface area contributed by atoms with Crippen molar-refractivity contribution in [2.75, 3.05) is 5.32 Å². The number of rotatable bonds is 3. The number of carbonyl (C=O) groups excluding carboxylic acids is 1. The fourth-order valence-corrected chi connectivity index (χ4v) is 4.16. The van der Waals surface area contributed by atoms with E-state index in [9.17, 15) is 4.79 Å². The second-order valence-corrected chi connectivity index (χ2v) is 7.77. The summed E-state index contributed by atoms with van der Waals surface area (Å²) in [5.41, 5.74) is 6.15.